The minimum atomic E-state index is -1.08. The number of aliphatic hydroxyl groups excluding tert-OH is 2. The molecule has 0 fully saturated rings. The van der Waals surface area contributed by atoms with Gasteiger partial charge in [-0.05, 0) is 86.6 Å². The van der Waals surface area contributed by atoms with Crippen molar-refractivity contribution < 1.29 is 127 Å². The molecule has 6 aromatic carbocycles. The number of carbonyl (C=O) groups excluding carboxylic acids is 8. The van der Waals surface area contributed by atoms with E-state index in [0.717, 1.165) is 25.4 Å². The number of ether oxygens (including phenoxy) is 3. The van der Waals surface area contributed by atoms with E-state index in [-0.39, 0.29) is 109 Å². The third-order valence-corrected chi connectivity index (χ3v) is 10.8. The number of carbonyl (C=O) groups is 11. The molecule has 0 aliphatic heterocycles. The quantitative estimate of drug-likeness (QED) is 0.0186. The van der Waals surface area contributed by atoms with E-state index in [0.29, 0.717) is 40.9 Å². The third-order valence-electron chi connectivity index (χ3n) is 10.3. The van der Waals surface area contributed by atoms with Gasteiger partial charge in [0.25, 0.3) is 0 Å². The minimum Gasteiger partial charge on any atom is -0.550 e. The van der Waals surface area contributed by atoms with Gasteiger partial charge in [-0.15, -0.1) is 0 Å². The van der Waals surface area contributed by atoms with Crippen molar-refractivity contribution in [2.24, 2.45) is 0 Å². The van der Waals surface area contributed by atoms with Crippen molar-refractivity contribution in [1.29, 1.82) is 0 Å². The molecule has 470 valence electrons. The second kappa shape index (κ2) is 51.3. The number of carboxylic acids is 4. The van der Waals surface area contributed by atoms with Gasteiger partial charge >= 0.3 is 65.4 Å². The molecule has 88 heavy (non-hydrogen) atoms. The monoisotopic (exact) mass is 1420 g/mol. The Labute approximate surface area is 556 Å². The van der Waals surface area contributed by atoms with Crippen LogP contribution in [0.5, 0.6) is 0 Å². The molecule has 0 saturated carbocycles. The number of aliphatic carboxylic acids is 1. The molecule has 0 aliphatic rings. The average Bonchev–Trinajstić information content (AvgIpc) is 3.73. The summed E-state index contributed by atoms with van der Waals surface area (Å²) in [5.41, 5.74) is 4.74. The van der Waals surface area contributed by atoms with E-state index in [1.165, 1.54) is 118 Å². The number of carboxylic acid groups (broad SMARTS) is 4. The van der Waals surface area contributed by atoms with E-state index in [9.17, 15) is 47.9 Å². The van der Waals surface area contributed by atoms with E-state index in [1.54, 1.807) is 0 Å². The normalized spacial score (nSPS) is 9.05. The largest absolute Gasteiger partial charge is 1.00 e. The molecule has 22 nitrogen and oxygen atoms in total. The number of nitrogens with zero attached hydrogens (tertiary/aromatic N) is 2. The molecule has 0 heterocycles. The van der Waals surface area contributed by atoms with Gasteiger partial charge in [0.05, 0.1) is 40.7 Å². The topological polar surface area (TPSA) is 346 Å². The number of rotatable bonds is 20. The van der Waals surface area contributed by atoms with Crippen LogP contribution in [0.25, 0.3) is 0 Å². The predicted octanol–water partition coefficient (Wildman–Crippen LogP) is 6.22. The van der Waals surface area contributed by atoms with Gasteiger partial charge in [0, 0.05) is 109 Å². The molecule has 0 radical (unpaired) electrons. The van der Waals surface area contributed by atoms with E-state index < -0.39 is 41.8 Å². The first-order valence-corrected chi connectivity index (χ1v) is 29.7. The van der Waals surface area contributed by atoms with Crippen molar-refractivity contribution in [3.63, 3.8) is 0 Å². The van der Waals surface area contributed by atoms with Gasteiger partial charge < -0.3 is 59.4 Å². The van der Waals surface area contributed by atoms with E-state index >= 15 is 0 Å². The number of esters is 3. The Bertz CT molecular complexity index is 3010. The number of halogens is 3. The molecule has 0 amide bonds. The number of alkyl halides is 1. The average molecular weight is 1430 g/mol. The van der Waals surface area contributed by atoms with Crippen LogP contribution in [0.2, 0.25) is 0 Å². The van der Waals surface area contributed by atoms with Crippen LogP contribution < -0.4 is 44.5 Å². The summed E-state index contributed by atoms with van der Waals surface area (Å²) in [6, 6.07) is 43.0. The Balaban J connectivity index is -0.000000500. The summed E-state index contributed by atoms with van der Waals surface area (Å²) in [5, 5.41) is 50.5. The predicted molar refractivity (Wildman–Crippen MR) is 337 cm³/mol. The fourth-order valence-corrected chi connectivity index (χ4v) is 6.27. The zero-order valence-electron chi connectivity index (χ0n) is 48.8. The molecule has 0 atom stereocenters. The van der Waals surface area contributed by atoms with Crippen molar-refractivity contribution in [3.05, 3.63) is 202 Å². The van der Waals surface area contributed by atoms with Crippen molar-refractivity contribution in [2.45, 2.75) is 35.1 Å². The molecule has 0 unspecified atom stereocenters. The molecular weight excluding hydrogens is 1360 g/mol. The van der Waals surface area contributed by atoms with Crippen LogP contribution in [0, 0.1) is 0 Å². The maximum absolute atomic E-state index is 12.1. The number of hydrogen-bond acceptors (Lipinski definition) is 19. The van der Waals surface area contributed by atoms with Crippen LogP contribution in [-0.2, 0) is 28.6 Å². The van der Waals surface area contributed by atoms with E-state index in [4.69, 9.17) is 40.2 Å². The van der Waals surface area contributed by atoms with Crippen LogP contribution in [0.4, 0.5) is 11.4 Å². The van der Waals surface area contributed by atoms with Crippen molar-refractivity contribution in [3.8, 4) is 0 Å². The summed E-state index contributed by atoms with van der Waals surface area (Å²) in [7, 11) is 4.89. The summed E-state index contributed by atoms with van der Waals surface area (Å²) in [6.07, 6.45) is 0. The van der Waals surface area contributed by atoms with Gasteiger partial charge in [0.15, 0.2) is 36.3 Å². The minimum absolute atomic E-state index is 0. The molecule has 0 saturated heterocycles. The Hall–Kier alpha value is -7.75. The van der Waals surface area contributed by atoms with Gasteiger partial charge in [0.1, 0.15) is 6.61 Å². The summed E-state index contributed by atoms with van der Waals surface area (Å²) in [5.74, 6) is -6.43. The van der Waals surface area contributed by atoms with Crippen molar-refractivity contribution in [1.82, 2.24) is 0 Å². The van der Waals surface area contributed by atoms with Crippen molar-refractivity contribution >= 4 is 120 Å². The summed E-state index contributed by atoms with van der Waals surface area (Å²) >= 11 is 8.53. The number of ketones is 4. The number of likely N-dealkylation sites (N-methyl/N-ethyl adjacent to an activating group) is 2. The molecule has 0 aliphatic carbocycles. The van der Waals surface area contributed by atoms with Crippen LogP contribution in [0.3, 0.4) is 0 Å². The Morgan fingerprint density at radius 1 is 0.443 bits per heavy atom. The summed E-state index contributed by atoms with van der Waals surface area (Å²) in [6.45, 7) is 5.91. The number of Topliss-reactive ketones (excluding diaryl/α,β-unsaturated/α-hetero) is 4. The zero-order valence-corrected chi connectivity index (χ0v) is 55.6. The smallest absolute Gasteiger partial charge is 0.550 e. The first-order valence-electron chi connectivity index (χ1n) is 24.9. The molecule has 0 aromatic heterocycles. The zero-order chi connectivity index (χ0) is 65.7. The van der Waals surface area contributed by atoms with Gasteiger partial charge in [-0.25, -0.2) is 19.2 Å². The summed E-state index contributed by atoms with van der Waals surface area (Å²) < 4.78 is 14.5. The Kier molecular flexibility index (Phi) is 50.5. The first kappa shape index (κ1) is 86.7. The third kappa shape index (κ3) is 39.1. The second-order valence-electron chi connectivity index (χ2n) is 16.6. The molecule has 6 aromatic rings. The SMILES string of the molecule is BrBr.C.CC(=O)OCC(=O)c1ccc(C(=O)O)cc1.CC(=O)OCC(=O)c1ccc(C(=O)OCCN(C)c2ccccc2)cc1.CC(=O)[O-].CC(=O)c1ccc(C(=O)O)cc1.CN(CCO)c1ccccc1.CO.O=C(O)c1ccc(C(=O)CBr)cc1.[Na+]. The molecule has 0 spiro atoms. The number of aromatic carboxylic acids is 3. The van der Waals surface area contributed by atoms with Crippen LogP contribution in [0.1, 0.15) is 118 Å². The Morgan fingerprint density at radius 3 is 0.989 bits per heavy atom. The number of para-hydroxylation sites is 2. The van der Waals surface area contributed by atoms with Gasteiger partial charge in [-0.1, -0.05) is 108 Å². The molecule has 26 heteroatoms. The molecule has 0 bridgehead atoms. The number of hydrogen-bond donors (Lipinski definition) is 5. The molecule has 5 N–H and O–H groups in total. The van der Waals surface area contributed by atoms with Gasteiger partial charge in [0.2, 0.25) is 0 Å². The number of benzene rings is 6. The van der Waals surface area contributed by atoms with Crippen LogP contribution in [0.15, 0.2) is 158 Å². The number of aliphatic hydroxyl groups is 2. The van der Waals surface area contributed by atoms with Crippen LogP contribution in [-0.4, -0.2) is 157 Å². The second-order valence-corrected chi connectivity index (χ2v) is 17.2. The standard InChI is InChI=1S/C20H21NO5.C11H10O5.C9H7BrO3.C9H13NO.C9H8O3.C2H4O2.CH4O.CH4.Br2.Na/c1-15(22)26-14-19(23)16-8-10-17(11-9-16)20(24)25-13-12-21(2)18-6-4-3-5-7-18;1-7(12)16-6-10(13)8-2-4-9(5-3-8)11(14)15;10-5-8(11)6-1-3-7(4-2-6)9(12)13;1-10(7-8-11)9-5-3-2-4-6-9;1-6(10)7-2-4-8(5-3-7)9(11)12;1-2(3)4;1-2;;1-2;/h3-11H,12-14H2,1-2H3;2-5H,6H2,1H3,(H,14,15);1-4H,5H2,(H,12,13);2-6,11H,7-8H2,1H3;2-5H,1H3,(H,11,12);1H3,(H,3,4);2H,1H3;1H4;;/q;;;;;;;;;+1/p-1. The van der Waals surface area contributed by atoms with Crippen molar-refractivity contribution in [2.75, 3.05) is 75.9 Å². The first-order chi connectivity index (χ1) is 40.8. The maximum Gasteiger partial charge on any atom is 1.00 e. The van der Waals surface area contributed by atoms with E-state index in [2.05, 4.69) is 53.7 Å². The Morgan fingerprint density at radius 2 is 0.716 bits per heavy atom. The number of anilines is 2. The fraction of sp³-hybridized carbons (Fsp3) is 0.242. The fourth-order valence-electron chi connectivity index (χ4n) is 5.95. The summed E-state index contributed by atoms with van der Waals surface area (Å²) in [4.78, 5) is 123. The maximum atomic E-state index is 12.1. The van der Waals surface area contributed by atoms with E-state index in [1.807, 2.05) is 84.6 Å². The molecular formula is C62H70Br3N2NaO20. The molecule has 6 rings (SSSR count). The van der Waals surface area contributed by atoms with Crippen LogP contribution >= 0.6 is 44.2 Å². The van der Waals surface area contributed by atoms with Gasteiger partial charge in [-0.3, -0.25) is 28.8 Å². The van der Waals surface area contributed by atoms with Gasteiger partial charge in [-0.2, -0.15) is 0 Å².